The predicted octanol–water partition coefficient (Wildman–Crippen LogP) is 3.04. The van der Waals surface area contributed by atoms with Crippen molar-refractivity contribution >= 4 is 15.9 Å². The van der Waals surface area contributed by atoms with E-state index >= 15 is 0 Å². The van der Waals surface area contributed by atoms with Crippen molar-refractivity contribution in [1.29, 1.82) is 0 Å². The van der Waals surface area contributed by atoms with Gasteiger partial charge in [0.1, 0.15) is 5.82 Å². The lowest BCUT2D eigenvalue weighted by atomic mass is 10.2. The SMILES string of the molecule is CN(CCCBr)Cc1ccc(F)cc1. The molecule has 0 atom stereocenters. The molecular weight excluding hydrogens is 245 g/mol. The summed E-state index contributed by atoms with van der Waals surface area (Å²) in [4.78, 5) is 2.23. The first kappa shape index (κ1) is 11.7. The van der Waals surface area contributed by atoms with Gasteiger partial charge in [0, 0.05) is 11.9 Å². The van der Waals surface area contributed by atoms with Gasteiger partial charge < -0.3 is 4.90 Å². The zero-order valence-corrected chi connectivity index (χ0v) is 9.93. The van der Waals surface area contributed by atoms with Crippen LogP contribution in [0.3, 0.4) is 0 Å². The molecule has 0 N–H and O–H groups in total. The number of hydrogen-bond donors (Lipinski definition) is 0. The van der Waals surface area contributed by atoms with E-state index in [1.165, 1.54) is 12.1 Å². The van der Waals surface area contributed by atoms with Crippen molar-refractivity contribution in [3.05, 3.63) is 35.6 Å². The molecular formula is C11H15BrFN. The van der Waals surface area contributed by atoms with Crippen molar-refractivity contribution in [2.24, 2.45) is 0 Å². The summed E-state index contributed by atoms with van der Waals surface area (Å²) in [6.45, 7) is 1.94. The van der Waals surface area contributed by atoms with Gasteiger partial charge >= 0.3 is 0 Å². The van der Waals surface area contributed by atoms with E-state index in [1.54, 1.807) is 0 Å². The van der Waals surface area contributed by atoms with Crippen LogP contribution in [0, 0.1) is 5.82 Å². The first-order chi connectivity index (χ1) is 6.72. The highest BCUT2D eigenvalue weighted by Gasteiger charge is 1.99. The van der Waals surface area contributed by atoms with Crippen LogP contribution in [-0.4, -0.2) is 23.8 Å². The van der Waals surface area contributed by atoms with Crippen LogP contribution in [0.15, 0.2) is 24.3 Å². The number of alkyl halides is 1. The molecule has 0 aliphatic carbocycles. The third-order valence-corrected chi connectivity index (χ3v) is 2.60. The molecule has 0 fully saturated rings. The van der Waals surface area contributed by atoms with E-state index in [2.05, 4.69) is 27.9 Å². The van der Waals surface area contributed by atoms with E-state index < -0.39 is 0 Å². The van der Waals surface area contributed by atoms with Crippen LogP contribution >= 0.6 is 15.9 Å². The lowest BCUT2D eigenvalue weighted by molar-refractivity contribution is 0.329. The van der Waals surface area contributed by atoms with Gasteiger partial charge in [0.2, 0.25) is 0 Å². The highest BCUT2D eigenvalue weighted by Crippen LogP contribution is 2.05. The molecule has 14 heavy (non-hydrogen) atoms. The van der Waals surface area contributed by atoms with Crippen molar-refractivity contribution < 1.29 is 4.39 Å². The van der Waals surface area contributed by atoms with E-state index in [9.17, 15) is 4.39 Å². The van der Waals surface area contributed by atoms with Crippen LogP contribution in [-0.2, 0) is 6.54 Å². The molecule has 3 heteroatoms. The molecule has 0 radical (unpaired) electrons. The third kappa shape index (κ3) is 4.20. The van der Waals surface area contributed by atoms with Gasteiger partial charge in [-0.05, 0) is 37.7 Å². The molecule has 0 aromatic heterocycles. The summed E-state index contributed by atoms with van der Waals surface area (Å²) < 4.78 is 12.6. The maximum atomic E-state index is 12.6. The number of hydrogen-bond acceptors (Lipinski definition) is 1. The minimum atomic E-state index is -0.170. The molecule has 0 unspecified atom stereocenters. The second-order valence-corrected chi connectivity index (χ2v) is 4.20. The Kier molecular flexibility index (Phi) is 5.12. The van der Waals surface area contributed by atoms with Crippen molar-refractivity contribution in [3.8, 4) is 0 Å². The largest absolute Gasteiger partial charge is 0.302 e. The number of nitrogens with zero attached hydrogens (tertiary/aromatic N) is 1. The number of benzene rings is 1. The fourth-order valence-corrected chi connectivity index (χ4v) is 1.56. The molecule has 78 valence electrons. The monoisotopic (exact) mass is 259 g/mol. The topological polar surface area (TPSA) is 3.24 Å². The van der Waals surface area contributed by atoms with Crippen LogP contribution in [0.5, 0.6) is 0 Å². The molecule has 0 saturated carbocycles. The van der Waals surface area contributed by atoms with Gasteiger partial charge in [0.15, 0.2) is 0 Å². The molecule has 1 nitrogen and oxygen atoms in total. The van der Waals surface area contributed by atoms with Gasteiger partial charge in [-0.15, -0.1) is 0 Å². The zero-order chi connectivity index (χ0) is 10.4. The average molecular weight is 260 g/mol. The maximum absolute atomic E-state index is 12.6. The summed E-state index contributed by atoms with van der Waals surface area (Å²) in [5.41, 5.74) is 1.16. The summed E-state index contributed by atoms with van der Waals surface area (Å²) >= 11 is 3.40. The second kappa shape index (κ2) is 6.14. The Bertz CT molecular complexity index is 260. The summed E-state index contributed by atoms with van der Waals surface area (Å²) in [5, 5.41) is 1.03. The molecule has 0 bridgehead atoms. The normalized spacial score (nSPS) is 10.9. The third-order valence-electron chi connectivity index (χ3n) is 2.04. The first-order valence-electron chi connectivity index (χ1n) is 4.71. The minimum absolute atomic E-state index is 0.170. The smallest absolute Gasteiger partial charge is 0.123 e. The molecule has 0 aliphatic rings. The summed E-state index contributed by atoms with van der Waals surface area (Å²) in [5.74, 6) is -0.170. The van der Waals surface area contributed by atoms with Crippen LogP contribution < -0.4 is 0 Å². The summed E-state index contributed by atoms with van der Waals surface area (Å²) in [6.07, 6.45) is 1.14. The first-order valence-corrected chi connectivity index (χ1v) is 5.83. The van der Waals surface area contributed by atoms with Crippen molar-refractivity contribution in [1.82, 2.24) is 4.90 Å². The molecule has 0 amide bonds. The summed E-state index contributed by atoms with van der Waals surface area (Å²) in [7, 11) is 2.08. The molecule has 0 heterocycles. The average Bonchev–Trinajstić information content (AvgIpc) is 2.18. The molecule has 1 aromatic carbocycles. The quantitative estimate of drug-likeness (QED) is 0.735. The Balaban J connectivity index is 2.39. The highest BCUT2D eigenvalue weighted by atomic mass is 79.9. The molecule has 0 saturated heterocycles. The second-order valence-electron chi connectivity index (χ2n) is 3.41. The molecule has 1 rings (SSSR count). The predicted molar refractivity (Wildman–Crippen MR) is 61.1 cm³/mol. The van der Waals surface area contributed by atoms with Crippen LogP contribution in [0.2, 0.25) is 0 Å². The van der Waals surface area contributed by atoms with E-state index in [4.69, 9.17) is 0 Å². The minimum Gasteiger partial charge on any atom is -0.302 e. The van der Waals surface area contributed by atoms with E-state index in [1.807, 2.05) is 12.1 Å². The van der Waals surface area contributed by atoms with Crippen molar-refractivity contribution in [2.45, 2.75) is 13.0 Å². The molecule has 0 spiro atoms. The fourth-order valence-electron chi connectivity index (χ4n) is 1.31. The lowest BCUT2D eigenvalue weighted by Crippen LogP contribution is -2.19. The van der Waals surface area contributed by atoms with Gasteiger partial charge in [-0.1, -0.05) is 28.1 Å². The van der Waals surface area contributed by atoms with Gasteiger partial charge in [-0.25, -0.2) is 4.39 Å². The van der Waals surface area contributed by atoms with E-state index in [0.29, 0.717) is 0 Å². The molecule has 0 aliphatic heterocycles. The van der Waals surface area contributed by atoms with Crippen molar-refractivity contribution in [3.63, 3.8) is 0 Å². The van der Waals surface area contributed by atoms with Gasteiger partial charge in [0.05, 0.1) is 0 Å². The van der Waals surface area contributed by atoms with Crippen LogP contribution in [0.25, 0.3) is 0 Å². The Morgan fingerprint density at radius 1 is 1.29 bits per heavy atom. The van der Waals surface area contributed by atoms with Crippen LogP contribution in [0.4, 0.5) is 4.39 Å². The molecule has 1 aromatic rings. The lowest BCUT2D eigenvalue weighted by Gasteiger charge is -2.15. The fraction of sp³-hybridized carbons (Fsp3) is 0.455. The van der Waals surface area contributed by atoms with Gasteiger partial charge in [-0.2, -0.15) is 0 Å². The summed E-state index contributed by atoms with van der Waals surface area (Å²) in [6, 6.07) is 6.68. The standard InChI is InChI=1S/C11H15BrFN/c1-14(8-2-7-12)9-10-3-5-11(13)6-4-10/h3-6H,2,7-9H2,1H3. The van der Waals surface area contributed by atoms with Gasteiger partial charge in [0.25, 0.3) is 0 Å². The Labute approximate surface area is 93.0 Å². The van der Waals surface area contributed by atoms with Gasteiger partial charge in [-0.3, -0.25) is 0 Å². The zero-order valence-electron chi connectivity index (χ0n) is 8.34. The Morgan fingerprint density at radius 3 is 2.50 bits per heavy atom. The van der Waals surface area contributed by atoms with Crippen LogP contribution in [0.1, 0.15) is 12.0 Å². The number of halogens is 2. The highest BCUT2D eigenvalue weighted by molar-refractivity contribution is 9.09. The van der Waals surface area contributed by atoms with Crippen molar-refractivity contribution in [2.75, 3.05) is 18.9 Å². The van der Waals surface area contributed by atoms with E-state index in [0.717, 1.165) is 30.4 Å². The Morgan fingerprint density at radius 2 is 1.93 bits per heavy atom. The van der Waals surface area contributed by atoms with E-state index in [-0.39, 0.29) is 5.82 Å². The Hall–Kier alpha value is -0.410. The number of rotatable bonds is 5. The maximum Gasteiger partial charge on any atom is 0.123 e.